The number of hydrogen-bond donors (Lipinski definition) is 0. The van der Waals surface area contributed by atoms with Crippen LogP contribution in [0.4, 0.5) is 11.4 Å². The standard InChI is InChI=1S/C34H29N3O7/c1-41-28-21-23(31-30(33(39)42-2)32(34(40)43-3)37(35-31)26-17-11-6-12-18-26)19-20-27(28)44-22-29(38)36(24-13-7-4-8-14-24)25-15-9-5-10-16-25/h4-21H,22H2,1-3H3. The van der Waals surface area contributed by atoms with Crippen LogP contribution in [0.3, 0.4) is 0 Å². The van der Waals surface area contributed by atoms with Crippen LogP contribution in [0.1, 0.15) is 20.8 Å². The van der Waals surface area contributed by atoms with Gasteiger partial charge in [0.1, 0.15) is 11.3 Å². The van der Waals surface area contributed by atoms with Gasteiger partial charge in [-0.2, -0.15) is 5.10 Å². The number of carbonyl (C=O) groups excluding carboxylic acids is 3. The number of anilines is 2. The fraction of sp³-hybridized carbons (Fsp3) is 0.118. The highest BCUT2D eigenvalue weighted by Gasteiger charge is 2.31. The molecule has 0 aliphatic rings. The van der Waals surface area contributed by atoms with E-state index in [9.17, 15) is 14.4 Å². The summed E-state index contributed by atoms with van der Waals surface area (Å²) in [7, 11) is 3.89. The highest BCUT2D eigenvalue weighted by Crippen LogP contribution is 2.36. The highest BCUT2D eigenvalue weighted by atomic mass is 16.5. The highest BCUT2D eigenvalue weighted by molar-refractivity contribution is 6.07. The molecule has 5 rings (SSSR count). The van der Waals surface area contributed by atoms with Gasteiger partial charge in [-0.25, -0.2) is 14.3 Å². The van der Waals surface area contributed by atoms with Gasteiger partial charge in [0.2, 0.25) is 0 Å². The number of aromatic nitrogens is 2. The minimum atomic E-state index is -0.769. The molecule has 0 unspecified atom stereocenters. The molecule has 10 nitrogen and oxygen atoms in total. The quantitative estimate of drug-likeness (QED) is 0.186. The molecule has 0 aliphatic heterocycles. The maximum Gasteiger partial charge on any atom is 0.357 e. The smallest absolute Gasteiger partial charge is 0.357 e. The number of hydrogen-bond acceptors (Lipinski definition) is 8. The van der Waals surface area contributed by atoms with Crippen molar-refractivity contribution in [2.75, 3.05) is 32.8 Å². The molecule has 0 radical (unpaired) electrons. The molecule has 0 saturated heterocycles. The zero-order valence-corrected chi connectivity index (χ0v) is 24.3. The molecule has 0 atom stereocenters. The van der Waals surface area contributed by atoms with Crippen molar-refractivity contribution in [3.05, 3.63) is 120 Å². The van der Waals surface area contributed by atoms with Gasteiger partial charge in [0.05, 0.1) is 27.0 Å². The number of nitrogens with zero attached hydrogens (tertiary/aromatic N) is 3. The van der Waals surface area contributed by atoms with E-state index in [0.717, 1.165) is 0 Å². The van der Waals surface area contributed by atoms with Crippen LogP contribution in [0.2, 0.25) is 0 Å². The Hall–Kier alpha value is -5.90. The van der Waals surface area contributed by atoms with Crippen LogP contribution in [0.5, 0.6) is 11.5 Å². The average molecular weight is 592 g/mol. The van der Waals surface area contributed by atoms with E-state index in [0.29, 0.717) is 28.4 Å². The molecule has 0 N–H and O–H groups in total. The van der Waals surface area contributed by atoms with E-state index >= 15 is 0 Å². The van der Waals surface area contributed by atoms with Crippen molar-refractivity contribution in [3.63, 3.8) is 0 Å². The summed E-state index contributed by atoms with van der Waals surface area (Å²) in [5, 5.41) is 4.62. The van der Waals surface area contributed by atoms with Crippen LogP contribution in [0.25, 0.3) is 16.9 Å². The van der Waals surface area contributed by atoms with Crippen molar-refractivity contribution in [2.45, 2.75) is 0 Å². The van der Waals surface area contributed by atoms with Gasteiger partial charge < -0.3 is 18.9 Å². The number of methoxy groups -OCH3 is 3. The van der Waals surface area contributed by atoms with Crippen molar-refractivity contribution in [3.8, 4) is 28.4 Å². The Bertz CT molecular complexity index is 1730. The summed E-state index contributed by atoms with van der Waals surface area (Å²) in [5.74, 6) is -1.26. The van der Waals surface area contributed by atoms with Gasteiger partial charge in [-0.1, -0.05) is 54.6 Å². The number of carbonyl (C=O) groups is 3. The van der Waals surface area contributed by atoms with Crippen LogP contribution >= 0.6 is 0 Å². The van der Waals surface area contributed by atoms with Crippen LogP contribution in [-0.4, -0.2) is 55.6 Å². The summed E-state index contributed by atoms with van der Waals surface area (Å²) in [4.78, 5) is 41.0. The second-order valence-corrected chi connectivity index (χ2v) is 9.36. The van der Waals surface area contributed by atoms with Gasteiger partial charge in [-0.05, 0) is 54.6 Å². The number of rotatable bonds is 10. The Morgan fingerprint density at radius 1 is 0.705 bits per heavy atom. The zero-order valence-electron chi connectivity index (χ0n) is 24.3. The average Bonchev–Trinajstić information content (AvgIpc) is 3.49. The van der Waals surface area contributed by atoms with Crippen LogP contribution in [0, 0.1) is 0 Å². The lowest BCUT2D eigenvalue weighted by Crippen LogP contribution is -2.30. The van der Waals surface area contributed by atoms with Crippen LogP contribution < -0.4 is 14.4 Å². The number of para-hydroxylation sites is 3. The Kier molecular flexibility index (Phi) is 9.00. The molecule has 44 heavy (non-hydrogen) atoms. The summed E-state index contributed by atoms with van der Waals surface area (Å²) in [5.41, 5.74) is 2.37. The van der Waals surface area contributed by atoms with E-state index in [1.54, 1.807) is 47.4 Å². The van der Waals surface area contributed by atoms with Gasteiger partial charge in [0, 0.05) is 16.9 Å². The molecule has 0 bridgehead atoms. The largest absolute Gasteiger partial charge is 0.493 e. The Morgan fingerprint density at radius 3 is 1.82 bits per heavy atom. The molecule has 10 heteroatoms. The normalized spacial score (nSPS) is 10.5. The van der Waals surface area contributed by atoms with Crippen LogP contribution in [-0.2, 0) is 14.3 Å². The fourth-order valence-corrected chi connectivity index (χ4v) is 4.69. The lowest BCUT2D eigenvalue weighted by Gasteiger charge is -2.23. The molecular formula is C34H29N3O7. The lowest BCUT2D eigenvalue weighted by atomic mass is 10.0. The van der Waals surface area contributed by atoms with Gasteiger partial charge in [0.25, 0.3) is 5.91 Å². The zero-order chi connectivity index (χ0) is 31.1. The van der Waals surface area contributed by atoms with E-state index in [2.05, 4.69) is 5.10 Å². The van der Waals surface area contributed by atoms with Crippen molar-refractivity contribution in [1.29, 1.82) is 0 Å². The number of ether oxygens (including phenoxy) is 4. The first-order valence-corrected chi connectivity index (χ1v) is 13.6. The molecule has 0 saturated carbocycles. The topological polar surface area (TPSA) is 109 Å². The first kappa shape index (κ1) is 29.6. The van der Waals surface area contributed by atoms with E-state index in [-0.39, 0.29) is 35.2 Å². The van der Waals surface area contributed by atoms with Crippen molar-refractivity contribution >= 4 is 29.2 Å². The Morgan fingerprint density at radius 2 is 1.27 bits per heavy atom. The summed E-state index contributed by atoms with van der Waals surface area (Å²) >= 11 is 0. The molecular weight excluding hydrogens is 562 g/mol. The van der Waals surface area contributed by atoms with Crippen molar-refractivity contribution in [2.24, 2.45) is 0 Å². The predicted octanol–water partition coefficient (Wildman–Crippen LogP) is 5.86. The maximum atomic E-state index is 13.5. The molecule has 0 fully saturated rings. The molecule has 1 amide bonds. The fourth-order valence-electron chi connectivity index (χ4n) is 4.69. The second kappa shape index (κ2) is 13.4. The number of esters is 2. The molecule has 0 aliphatic carbocycles. The van der Waals surface area contributed by atoms with Gasteiger partial charge in [-0.3, -0.25) is 9.69 Å². The van der Waals surface area contributed by atoms with E-state index in [4.69, 9.17) is 18.9 Å². The maximum absolute atomic E-state index is 13.5. The summed E-state index contributed by atoms with van der Waals surface area (Å²) in [6, 6.07) is 32.3. The van der Waals surface area contributed by atoms with Gasteiger partial charge >= 0.3 is 11.9 Å². The molecule has 5 aromatic rings. The SMILES string of the molecule is COC(=O)c1c(-c2ccc(OCC(=O)N(c3ccccc3)c3ccccc3)c(OC)c2)nn(-c2ccccc2)c1C(=O)OC. The first-order chi connectivity index (χ1) is 21.5. The number of amides is 1. The molecule has 4 aromatic carbocycles. The van der Waals surface area contributed by atoms with Crippen molar-refractivity contribution in [1.82, 2.24) is 9.78 Å². The lowest BCUT2D eigenvalue weighted by molar-refractivity contribution is -0.119. The summed E-state index contributed by atoms with van der Waals surface area (Å²) in [6.07, 6.45) is 0. The first-order valence-electron chi connectivity index (χ1n) is 13.6. The monoisotopic (exact) mass is 591 g/mol. The van der Waals surface area contributed by atoms with Crippen LogP contribution in [0.15, 0.2) is 109 Å². The molecule has 1 aromatic heterocycles. The Balaban J connectivity index is 1.50. The minimum absolute atomic E-state index is 0.0736. The van der Waals surface area contributed by atoms with E-state index in [1.165, 1.54) is 26.0 Å². The van der Waals surface area contributed by atoms with E-state index < -0.39 is 11.9 Å². The molecule has 0 spiro atoms. The second-order valence-electron chi connectivity index (χ2n) is 9.36. The number of benzene rings is 4. The van der Waals surface area contributed by atoms with Gasteiger partial charge in [-0.15, -0.1) is 0 Å². The van der Waals surface area contributed by atoms with E-state index in [1.807, 2.05) is 66.7 Å². The third-order valence-electron chi connectivity index (χ3n) is 6.72. The molecule has 222 valence electrons. The summed E-state index contributed by atoms with van der Waals surface area (Å²) < 4.78 is 22.9. The molecule has 1 heterocycles. The van der Waals surface area contributed by atoms with Gasteiger partial charge in [0.15, 0.2) is 23.8 Å². The summed E-state index contributed by atoms with van der Waals surface area (Å²) in [6.45, 7) is -0.290. The third kappa shape index (κ3) is 6.00. The predicted molar refractivity (Wildman–Crippen MR) is 164 cm³/mol. The third-order valence-corrected chi connectivity index (χ3v) is 6.72. The minimum Gasteiger partial charge on any atom is -0.493 e. The van der Waals surface area contributed by atoms with Crippen molar-refractivity contribution < 1.29 is 33.3 Å². The Labute approximate surface area is 254 Å².